The Balaban J connectivity index is 3.25. The van der Waals surface area contributed by atoms with Crippen molar-refractivity contribution < 1.29 is 18.3 Å². The van der Waals surface area contributed by atoms with E-state index < -0.39 is 18.0 Å². The van der Waals surface area contributed by atoms with E-state index in [1.807, 2.05) is 20.8 Å². The highest BCUT2D eigenvalue weighted by molar-refractivity contribution is 5.41. The van der Waals surface area contributed by atoms with Crippen molar-refractivity contribution in [2.75, 3.05) is 0 Å². The Morgan fingerprint density at radius 3 is 2.12 bits per heavy atom. The van der Waals surface area contributed by atoms with Crippen molar-refractivity contribution in [2.24, 2.45) is 5.73 Å². The summed E-state index contributed by atoms with van der Waals surface area (Å²) in [6.45, 7) is 5.63. The highest BCUT2D eigenvalue weighted by atomic mass is 19.4. The molecule has 0 saturated carbocycles. The summed E-state index contributed by atoms with van der Waals surface area (Å²) in [5.74, 6) is -0.428. The first-order valence-electron chi connectivity index (χ1n) is 5.19. The van der Waals surface area contributed by atoms with Gasteiger partial charge in [0.05, 0.1) is 0 Å². The second-order valence-electron chi connectivity index (χ2n) is 5.04. The third-order valence-electron chi connectivity index (χ3n) is 2.58. The number of phenols is 1. The first-order chi connectivity index (χ1) is 7.53. The van der Waals surface area contributed by atoms with E-state index in [4.69, 9.17) is 5.73 Å². The molecule has 0 heterocycles. The Morgan fingerprint density at radius 1 is 1.18 bits per heavy atom. The second kappa shape index (κ2) is 4.22. The van der Waals surface area contributed by atoms with Crippen molar-refractivity contribution in [1.29, 1.82) is 0 Å². The number of alkyl halides is 3. The topological polar surface area (TPSA) is 46.2 Å². The lowest BCUT2D eigenvalue weighted by Gasteiger charge is -2.23. The van der Waals surface area contributed by atoms with Crippen LogP contribution in [0, 0.1) is 0 Å². The van der Waals surface area contributed by atoms with Crippen LogP contribution in [-0.4, -0.2) is 11.3 Å². The molecule has 2 nitrogen and oxygen atoms in total. The molecule has 1 atom stereocenters. The van der Waals surface area contributed by atoms with Gasteiger partial charge in [0, 0.05) is 5.56 Å². The molecule has 0 aliphatic rings. The molecule has 3 N–H and O–H groups in total. The average Bonchev–Trinajstić information content (AvgIpc) is 2.14. The van der Waals surface area contributed by atoms with Gasteiger partial charge in [0.25, 0.3) is 0 Å². The first-order valence-corrected chi connectivity index (χ1v) is 5.19. The van der Waals surface area contributed by atoms with Gasteiger partial charge in [0.2, 0.25) is 0 Å². The van der Waals surface area contributed by atoms with E-state index >= 15 is 0 Å². The molecule has 0 saturated heterocycles. The van der Waals surface area contributed by atoms with Gasteiger partial charge in [-0.3, -0.25) is 0 Å². The minimum Gasteiger partial charge on any atom is -0.508 e. The molecule has 1 aromatic rings. The van der Waals surface area contributed by atoms with E-state index in [0.29, 0.717) is 5.56 Å². The molecular formula is C12H16F3NO. The van der Waals surface area contributed by atoms with Crippen molar-refractivity contribution in [1.82, 2.24) is 0 Å². The van der Waals surface area contributed by atoms with Crippen LogP contribution in [0.4, 0.5) is 13.2 Å². The lowest BCUT2D eigenvalue weighted by Crippen LogP contribution is -2.29. The molecule has 0 aliphatic carbocycles. The normalized spacial score (nSPS) is 14.8. The van der Waals surface area contributed by atoms with E-state index in [-0.39, 0.29) is 11.0 Å². The summed E-state index contributed by atoms with van der Waals surface area (Å²) in [4.78, 5) is 0. The lowest BCUT2D eigenvalue weighted by atomic mass is 9.85. The molecule has 0 aromatic heterocycles. The van der Waals surface area contributed by atoms with Crippen molar-refractivity contribution in [3.63, 3.8) is 0 Å². The number of rotatable bonds is 1. The fraction of sp³-hybridized carbons (Fsp3) is 0.500. The summed E-state index contributed by atoms with van der Waals surface area (Å²) in [7, 11) is 0. The molecule has 0 bridgehead atoms. The lowest BCUT2D eigenvalue weighted by molar-refractivity contribution is -0.149. The fourth-order valence-electron chi connectivity index (χ4n) is 1.45. The Bertz CT molecular complexity index is 407. The van der Waals surface area contributed by atoms with Gasteiger partial charge in [-0.1, -0.05) is 26.8 Å². The van der Waals surface area contributed by atoms with Crippen LogP contribution >= 0.6 is 0 Å². The van der Waals surface area contributed by atoms with Crippen LogP contribution in [-0.2, 0) is 5.41 Å². The maximum Gasteiger partial charge on any atom is 0.407 e. The van der Waals surface area contributed by atoms with Crippen LogP contribution in [0.15, 0.2) is 18.2 Å². The van der Waals surface area contributed by atoms with Crippen LogP contribution in [0.1, 0.15) is 37.9 Å². The van der Waals surface area contributed by atoms with Crippen LogP contribution in [0.2, 0.25) is 0 Å². The number of nitrogens with two attached hydrogens (primary N) is 1. The summed E-state index contributed by atoms with van der Waals surface area (Å²) in [6.07, 6.45) is -4.56. The third-order valence-corrected chi connectivity index (χ3v) is 2.58. The summed E-state index contributed by atoms with van der Waals surface area (Å²) in [6, 6.07) is 2.00. The van der Waals surface area contributed by atoms with Gasteiger partial charge in [0.15, 0.2) is 0 Å². The zero-order valence-corrected chi connectivity index (χ0v) is 9.97. The zero-order valence-electron chi connectivity index (χ0n) is 9.97. The Hall–Kier alpha value is -1.23. The van der Waals surface area contributed by atoms with E-state index in [1.54, 1.807) is 6.07 Å². The van der Waals surface area contributed by atoms with Gasteiger partial charge >= 0.3 is 6.18 Å². The van der Waals surface area contributed by atoms with E-state index in [9.17, 15) is 18.3 Å². The molecule has 0 unspecified atom stereocenters. The Morgan fingerprint density at radius 2 is 1.71 bits per heavy atom. The van der Waals surface area contributed by atoms with Crippen LogP contribution < -0.4 is 5.73 Å². The van der Waals surface area contributed by atoms with E-state index in [0.717, 1.165) is 0 Å². The van der Waals surface area contributed by atoms with Crippen LogP contribution in [0.3, 0.4) is 0 Å². The molecule has 96 valence electrons. The summed E-state index contributed by atoms with van der Waals surface area (Å²) >= 11 is 0. The highest BCUT2D eigenvalue weighted by Crippen LogP contribution is 2.37. The number of hydrogen-bond acceptors (Lipinski definition) is 2. The minimum atomic E-state index is -4.56. The molecule has 0 spiro atoms. The predicted molar refractivity (Wildman–Crippen MR) is 59.8 cm³/mol. The van der Waals surface area contributed by atoms with Gasteiger partial charge in [-0.05, 0) is 23.1 Å². The van der Waals surface area contributed by atoms with Gasteiger partial charge in [-0.15, -0.1) is 0 Å². The number of aromatic hydroxyl groups is 1. The molecule has 1 rings (SSSR count). The van der Waals surface area contributed by atoms with Crippen molar-refractivity contribution >= 4 is 0 Å². The number of halogens is 3. The summed E-state index contributed by atoms with van der Waals surface area (Å²) in [5, 5.41) is 9.45. The van der Waals surface area contributed by atoms with Crippen LogP contribution in [0.25, 0.3) is 0 Å². The third kappa shape index (κ3) is 3.12. The van der Waals surface area contributed by atoms with Gasteiger partial charge in [-0.25, -0.2) is 0 Å². The molecule has 0 fully saturated rings. The maximum atomic E-state index is 12.5. The smallest absolute Gasteiger partial charge is 0.407 e. The molecule has 17 heavy (non-hydrogen) atoms. The number of hydrogen-bond donors (Lipinski definition) is 2. The second-order valence-corrected chi connectivity index (χ2v) is 5.04. The molecule has 0 radical (unpaired) electrons. The van der Waals surface area contributed by atoms with Crippen molar-refractivity contribution in [3.8, 4) is 5.75 Å². The molecule has 0 aliphatic heterocycles. The number of benzene rings is 1. The van der Waals surface area contributed by atoms with Gasteiger partial charge in [0.1, 0.15) is 11.8 Å². The largest absolute Gasteiger partial charge is 0.508 e. The standard InChI is InChI=1S/C12H16F3NO/c1-11(2,3)7-4-5-9(17)8(6-7)10(16)12(13,14)15/h4-6,10,17H,16H2,1-3H3/t10-/m0/s1. The molecule has 1 aromatic carbocycles. The molecule has 5 heteroatoms. The van der Waals surface area contributed by atoms with Crippen molar-refractivity contribution in [2.45, 2.75) is 38.4 Å². The summed E-state index contributed by atoms with van der Waals surface area (Å²) in [5.41, 5.74) is 5.21. The Labute approximate surface area is 98.3 Å². The molecule has 0 amide bonds. The zero-order chi connectivity index (χ0) is 13.4. The van der Waals surface area contributed by atoms with Crippen LogP contribution in [0.5, 0.6) is 5.75 Å². The van der Waals surface area contributed by atoms with Crippen molar-refractivity contribution in [3.05, 3.63) is 29.3 Å². The summed E-state index contributed by atoms with van der Waals surface area (Å²) < 4.78 is 37.5. The van der Waals surface area contributed by atoms with E-state index in [1.165, 1.54) is 12.1 Å². The monoisotopic (exact) mass is 247 g/mol. The van der Waals surface area contributed by atoms with E-state index in [2.05, 4.69) is 0 Å². The molecular weight excluding hydrogens is 231 g/mol. The Kier molecular flexibility index (Phi) is 3.43. The minimum absolute atomic E-state index is 0.287. The van der Waals surface area contributed by atoms with Gasteiger partial charge < -0.3 is 10.8 Å². The quantitative estimate of drug-likeness (QED) is 0.800. The maximum absolute atomic E-state index is 12.5. The highest BCUT2D eigenvalue weighted by Gasteiger charge is 2.39. The number of phenolic OH excluding ortho intramolecular Hbond substituents is 1. The first kappa shape index (κ1) is 13.8. The predicted octanol–water partition coefficient (Wildman–Crippen LogP) is 3.25. The van der Waals surface area contributed by atoms with Gasteiger partial charge in [-0.2, -0.15) is 13.2 Å². The average molecular weight is 247 g/mol. The SMILES string of the molecule is CC(C)(C)c1ccc(O)c([C@H](N)C(F)(F)F)c1. The fourth-order valence-corrected chi connectivity index (χ4v) is 1.45.